The zero-order chi connectivity index (χ0) is 23.9. The summed E-state index contributed by atoms with van der Waals surface area (Å²) in [7, 11) is 3.32. The quantitative estimate of drug-likeness (QED) is 0.259. The second-order valence-corrected chi connectivity index (χ2v) is 7.81. The molecule has 0 N–H and O–H groups in total. The molecule has 0 spiro atoms. The first-order valence-electron chi connectivity index (χ1n) is 11.3. The number of rotatable bonds is 9. The third kappa shape index (κ3) is 5.31. The highest BCUT2D eigenvalue weighted by Gasteiger charge is 2.14. The van der Waals surface area contributed by atoms with Gasteiger partial charge in [-0.25, -0.2) is 0 Å². The Morgan fingerprint density at radius 2 is 1.53 bits per heavy atom. The van der Waals surface area contributed by atoms with E-state index in [0.717, 1.165) is 44.7 Å². The van der Waals surface area contributed by atoms with Gasteiger partial charge in [-0.1, -0.05) is 30.3 Å². The van der Waals surface area contributed by atoms with Crippen LogP contribution in [0.5, 0.6) is 23.0 Å². The van der Waals surface area contributed by atoms with Crippen LogP contribution in [0.25, 0.3) is 21.9 Å². The van der Waals surface area contributed by atoms with E-state index < -0.39 is 0 Å². The number of fused-ring (bicyclic) bond motifs is 1. The van der Waals surface area contributed by atoms with Gasteiger partial charge in [0.05, 0.1) is 20.8 Å². The third-order valence-electron chi connectivity index (χ3n) is 5.62. The minimum atomic E-state index is -0.183. The lowest BCUT2D eigenvalue weighted by Crippen LogP contribution is -2.05. The number of ether oxygens (including phenoxy) is 4. The molecule has 174 valence electrons. The molecular weight excluding hydrogens is 428 g/mol. The Kier molecular flexibility index (Phi) is 7.33. The first kappa shape index (κ1) is 23.2. The van der Waals surface area contributed by atoms with Crippen LogP contribution >= 0.6 is 0 Å². The van der Waals surface area contributed by atoms with Crippen LogP contribution < -0.4 is 14.2 Å². The van der Waals surface area contributed by atoms with Crippen molar-refractivity contribution in [2.24, 2.45) is 0 Å². The molecule has 0 fully saturated rings. The lowest BCUT2D eigenvalue weighted by Gasteiger charge is -2.16. The largest absolute Gasteiger partial charge is 0.497 e. The first-order valence-corrected chi connectivity index (χ1v) is 11.3. The average molecular weight is 457 g/mol. The SMILES string of the molecule is CCOC(=O)CCc1ccc(Oc2c(-c3cccc(OC)c3)ccc3cc(OC)ccc23)cc1. The van der Waals surface area contributed by atoms with Gasteiger partial charge in [0.2, 0.25) is 0 Å². The standard InChI is InChI=1S/C29H28O5/c1-4-33-28(30)17-10-20-8-12-23(13-9-20)34-29-26(21-6-5-7-24(18-21)31-2)15-11-22-19-25(32-3)14-16-27(22)29/h5-9,11-16,18-19H,4,10,17H2,1-3H3. The lowest BCUT2D eigenvalue weighted by atomic mass is 9.99. The van der Waals surface area contributed by atoms with Crippen molar-refractivity contribution in [2.45, 2.75) is 19.8 Å². The minimum absolute atomic E-state index is 0.183. The van der Waals surface area contributed by atoms with Crippen LogP contribution in [0.1, 0.15) is 18.9 Å². The smallest absolute Gasteiger partial charge is 0.306 e. The summed E-state index contributed by atoms with van der Waals surface area (Å²) in [5.74, 6) is 2.86. The minimum Gasteiger partial charge on any atom is -0.497 e. The number of hydrogen-bond donors (Lipinski definition) is 0. The molecule has 0 aliphatic carbocycles. The molecule has 0 saturated carbocycles. The van der Waals surface area contributed by atoms with Crippen LogP contribution in [0.2, 0.25) is 0 Å². The van der Waals surface area contributed by atoms with Gasteiger partial charge in [-0.3, -0.25) is 4.79 Å². The molecule has 0 radical (unpaired) electrons. The van der Waals surface area contributed by atoms with Crippen LogP contribution in [0.15, 0.2) is 78.9 Å². The normalized spacial score (nSPS) is 10.7. The van der Waals surface area contributed by atoms with E-state index in [-0.39, 0.29) is 5.97 Å². The van der Waals surface area contributed by atoms with Crippen LogP contribution in [-0.2, 0) is 16.0 Å². The van der Waals surface area contributed by atoms with Gasteiger partial charge < -0.3 is 18.9 Å². The fraction of sp³-hybridized carbons (Fsp3) is 0.207. The van der Waals surface area contributed by atoms with Crippen molar-refractivity contribution >= 4 is 16.7 Å². The van der Waals surface area contributed by atoms with E-state index in [0.29, 0.717) is 25.2 Å². The van der Waals surface area contributed by atoms with E-state index in [9.17, 15) is 4.79 Å². The molecule has 5 nitrogen and oxygen atoms in total. The Bertz CT molecular complexity index is 1280. The van der Waals surface area contributed by atoms with E-state index in [2.05, 4.69) is 12.1 Å². The van der Waals surface area contributed by atoms with Crippen molar-refractivity contribution < 1.29 is 23.7 Å². The van der Waals surface area contributed by atoms with E-state index in [1.54, 1.807) is 14.2 Å². The predicted molar refractivity (Wildman–Crippen MR) is 134 cm³/mol. The van der Waals surface area contributed by atoms with Crippen LogP contribution in [0.3, 0.4) is 0 Å². The molecule has 4 rings (SSSR count). The van der Waals surface area contributed by atoms with Gasteiger partial charge in [0.25, 0.3) is 0 Å². The maximum Gasteiger partial charge on any atom is 0.306 e. The van der Waals surface area contributed by atoms with E-state index >= 15 is 0 Å². The summed E-state index contributed by atoms with van der Waals surface area (Å²) in [5.41, 5.74) is 3.01. The molecule has 0 aromatic heterocycles. The lowest BCUT2D eigenvalue weighted by molar-refractivity contribution is -0.143. The van der Waals surface area contributed by atoms with Gasteiger partial charge in [-0.15, -0.1) is 0 Å². The van der Waals surface area contributed by atoms with Crippen molar-refractivity contribution in [1.29, 1.82) is 0 Å². The third-order valence-corrected chi connectivity index (χ3v) is 5.62. The number of benzene rings is 4. The summed E-state index contributed by atoms with van der Waals surface area (Å²) in [5, 5.41) is 2.00. The van der Waals surface area contributed by atoms with Gasteiger partial charge in [-0.2, -0.15) is 0 Å². The van der Waals surface area contributed by atoms with Crippen molar-refractivity contribution in [2.75, 3.05) is 20.8 Å². The van der Waals surface area contributed by atoms with Crippen molar-refractivity contribution in [3.63, 3.8) is 0 Å². The highest BCUT2D eigenvalue weighted by Crippen LogP contribution is 2.41. The highest BCUT2D eigenvalue weighted by atomic mass is 16.5. The van der Waals surface area contributed by atoms with Gasteiger partial charge in [-0.05, 0) is 78.4 Å². The molecule has 0 heterocycles. The fourth-order valence-corrected chi connectivity index (χ4v) is 3.86. The summed E-state index contributed by atoms with van der Waals surface area (Å²) in [6, 6.07) is 25.8. The molecule has 0 aliphatic heterocycles. The number of esters is 1. The molecule has 0 unspecified atom stereocenters. The van der Waals surface area contributed by atoms with Crippen molar-refractivity contribution in [1.82, 2.24) is 0 Å². The second kappa shape index (κ2) is 10.8. The zero-order valence-corrected chi connectivity index (χ0v) is 19.7. The van der Waals surface area contributed by atoms with E-state index in [4.69, 9.17) is 18.9 Å². The molecule has 0 bridgehead atoms. The Labute approximate surface area is 199 Å². The van der Waals surface area contributed by atoms with Gasteiger partial charge in [0.15, 0.2) is 0 Å². The summed E-state index contributed by atoms with van der Waals surface area (Å²) in [6.07, 6.45) is 0.988. The maximum atomic E-state index is 11.6. The number of hydrogen-bond acceptors (Lipinski definition) is 5. The second-order valence-electron chi connectivity index (χ2n) is 7.81. The van der Waals surface area contributed by atoms with E-state index in [1.807, 2.05) is 73.7 Å². The molecule has 0 saturated heterocycles. The van der Waals surface area contributed by atoms with Crippen molar-refractivity contribution in [3.8, 4) is 34.1 Å². The highest BCUT2D eigenvalue weighted by molar-refractivity contribution is 5.96. The molecular formula is C29H28O5. The summed E-state index contributed by atoms with van der Waals surface area (Å²) in [6.45, 7) is 2.21. The first-order chi connectivity index (χ1) is 16.6. The molecule has 0 atom stereocenters. The fourth-order valence-electron chi connectivity index (χ4n) is 3.86. The average Bonchev–Trinajstić information content (AvgIpc) is 2.88. The summed E-state index contributed by atoms with van der Waals surface area (Å²) in [4.78, 5) is 11.6. The Balaban J connectivity index is 1.69. The Morgan fingerprint density at radius 3 is 2.26 bits per heavy atom. The molecule has 4 aromatic rings. The van der Waals surface area contributed by atoms with Gasteiger partial charge in [0, 0.05) is 17.4 Å². The topological polar surface area (TPSA) is 54.0 Å². The molecule has 34 heavy (non-hydrogen) atoms. The summed E-state index contributed by atoms with van der Waals surface area (Å²) < 4.78 is 22.3. The number of methoxy groups -OCH3 is 2. The maximum absolute atomic E-state index is 11.6. The van der Waals surface area contributed by atoms with Crippen molar-refractivity contribution in [3.05, 3.63) is 84.4 Å². The zero-order valence-electron chi connectivity index (χ0n) is 19.7. The summed E-state index contributed by atoms with van der Waals surface area (Å²) >= 11 is 0. The Hall–Kier alpha value is -3.99. The van der Waals surface area contributed by atoms with Gasteiger partial charge in [0.1, 0.15) is 23.0 Å². The number of carbonyl (C=O) groups is 1. The number of carbonyl (C=O) groups excluding carboxylic acids is 1. The van der Waals surface area contributed by atoms with Crippen LogP contribution in [0.4, 0.5) is 0 Å². The molecule has 5 heteroatoms. The predicted octanol–water partition coefficient (Wildman–Crippen LogP) is 6.81. The number of aryl methyl sites for hydroxylation is 1. The van der Waals surface area contributed by atoms with Gasteiger partial charge >= 0.3 is 5.97 Å². The van der Waals surface area contributed by atoms with Crippen LogP contribution in [-0.4, -0.2) is 26.8 Å². The monoisotopic (exact) mass is 456 g/mol. The Morgan fingerprint density at radius 1 is 0.794 bits per heavy atom. The molecule has 0 amide bonds. The van der Waals surface area contributed by atoms with Crippen LogP contribution in [0, 0.1) is 0 Å². The molecule has 4 aromatic carbocycles. The molecule has 0 aliphatic rings. The van der Waals surface area contributed by atoms with E-state index in [1.165, 1.54) is 0 Å².